The normalized spacial score (nSPS) is 17.4. The number of benzene rings is 1. The molecule has 1 aromatic carbocycles. The number of carbonyl (C=O) groups is 2. The van der Waals surface area contributed by atoms with Crippen molar-refractivity contribution < 1.29 is 32.0 Å². The molecule has 1 unspecified atom stereocenters. The maximum absolute atomic E-state index is 12.1. The van der Waals surface area contributed by atoms with Crippen LogP contribution in [0.25, 0.3) is 0 Å². The maximum Gasteiger partial charge on any atom is 0.410 e. The molecule has 0 aliphatic carbocycles. The molecule has 25 heavy (non-hydrogen) atoms. The Kier molecular flexibility index (Phi) is 7.38. The molecule has 0 spiro atoms. The highest BCUT2D eigenvalue weighted by Crippen LogP contribution is 2.21. The first-order chi connectivity index (χ1) is 11.6. The predicted molar refractivity (Wildman–Crippen MR) is 89.6 cm³/mol. The van der Waals surface area contributed by atoms with E-state index in [0.717, 1.165) is 0 Å². The molecule has 1 heterocycles. The molecule has 1 fully saturated rings. The fourth-order valence-electron chi connectivity index (χ4n) is 2.12. The van der Waals surface area contributed by atoms with Crippen LogP contribution >= 0.6 is 0 Å². The zero-order valence-corrected chi connectivity index (χ0v) is 15.2. The minimum atomic E-state index is -3.81. The second-order valence-electron chi connectivity index (χ2n) is 6.31. The van der Waals surface area contributed by atoms with Gasteiger partial charge in [0.05, 0.1) is 17.5 Å². The fourth-order valence-corrected chi connectivity index (χ4v) is 3.24. The van der Waals surface area contributed by atoms with Gasteiger partial charge in [-0.1, -0.05) is 18.2 Å². The molecule has 1 atom stereocenters. The minimum Gasteiger partial charge on any atom is -0.483 e. The fraction of sp³-hybridized carbons (Fsp3) is 0.500. The van der Waals surface area contributed by atoms with Crippen molar-refractivity contribution in [3.63, 3.8) is 0 Å². The highest BCUT2D eigenvalue weighted by Gasteiger charge is 2.33. The number of amides is 1. The van der Waals surface area contributed by atoms with Crippen LogP contribution in [0.3, 0.4) is 0 Å². The molecule has 0 saturated carbocycles. The van der Waals surface area contributed by atoms with Gasteiger partial charge in [-0.15, -0.1) is 0 Å². The van der Waals surface area contributed by atoms with E-state index >= 15 is 0 Å². The van der Waals surface area contributed by atoms with Crippen molar-refractivity contribution in [2.45, 2.75) is 43.8 Å². The van der Waals surface area contributed by atoms with Crippen molar-refractivity contribution in [1.82, 2.24) is 4.90 Å². The third-order valence-corrected chi connectivity index (χ3v) is 4.47. The van der Waals surface area contributed by atoms with E-state index in [-0.39, 0.29) is 17.9 Å². The van der Waals surface area contributed by atoms with Gasteiger partial charge in [0.2, 0.25) is 0 Å². The van der Waals surface area contributed by atoms with Crippen LogP contribution in [0.5, 0.6) is 0 Å². The number of hydrogen-bond donors (Lipinski definition) is 1. The summed E-state index contributed by atoms with van der Waals surface area (Å²) < 4.78 is 34.8. The molecule has 0 radical (unpaired) electrons. The molecular formula is C16H23NO7S. The Bertz CT molecular complexity index is 667. The first-order valence-electron chi connectivity index (χ1n) is 7.63. The van der Waals surface area contributed by atoms with Gasteiger partial charge in [-0.3, -0.25) is 8.98 Å². The number of nitrogens with zero attached hydrogens (tertiary/aromatic N) is 1. The largest absolute Gasteiger partial charge is 0.483 e. The van der Waals surface area contributed by atoms with Crippen molar-refractivity contribution in [3.05, 3.63) is 30.3 Å². The Balaban J connectivity index is 0.000000970. The number of carbonyl (C=O) groups excluding carboxylic acids is 1. The van der Waals surface area contributed by atoms with Gasteiger partial charge in [0.1, 0.15) is 5.60 Å². The van der Waals surface area contributed by atoms with E-state index in [2.05, 4.69) is 0 Å². The number of ether oxygens (including phenoxy) is 1. The summed E-state index contributed by atoms with van der Waals surface area (Å²) >= 11 is 0. The lowest BCUT2D eigenvalue weighted by molar-refractivity contribution is -0.122. The van der Waals surface area contributed by atoms with Crippen LogP contribution in [0, 0.1) is 0 Å². The van der Waals surface area contributed by atoms with E-state index in [1.54, 1.807) is 39.0 Å². The molecular weight excluding hydrogens is 350 g/mol. The van der Waals surface area contributed by atoms with Crippen LogP contribution in [0.2, 0.25) is 0 Å². The summed E-state index contributed by atoms with van der Waals surface area (Å²) in [6, 6.07) is 7.97. The number of hydrogen-bond acceptors (Lipinski definition) is 6. The lowest BCUT2D eigenvalue weighted by Crippen LogP contribution is -2.36. The Morgan fingerprint density at radius 3 is 2.36 bits per heavy atom. The van der Waals surface area contributed by atoms with Crippen LogP contribution in [0.15, 0.2) is 35.2 Å². The molecule has 2 rings (SSSR count). The van der Waals surface area contributed by atoms with E-state index in [9.17, 15) is 13.2 Å². The SMILES string of the molecule is CC(C)(C)OC(=O)N1CCC(OS(=O)(=O)c2ccccc2)C1.O=CO. The molecule has 9 heteroatoms. The average Bonchev–Trinajstić information content (AvgIpc) is 2.95. The predicted octanol–water partition coefficient (Wildman–Crippen LogP) is 2.10. The van der Waals surface area contributed by atoms with Crippen LogP contribution in [0.1, 0.15) is 27.2 Å². The van der Waals surface area contributed by atoms with Gasteiger partial charge in [-0.2, -0.15) is 8.42 Å². The molecule has 1 N–H and O–H groups in total. The van der Waals surface area contributed by atoms with Gasteiger partial charge in [0, 0.05) is 6.54 Å². The van der Waals surface area contributed by atoms with Crippen LogP contribution in [-0.2, 0) is 23.8 Å². The molecule has 0 aromatic heterocycles. The lowest BCUT2D eigenvalue weighted by atomic mass is 10.2. The molecule has 1 saturated heterocycles. The van der Waals surface area contributed by atoms with E-state index in [1.165, 1.54) is 17.0 Å². The van der Waals surface area contributed by atoms with Crippen molar-refractivity contribution in [3.8, 4) is 0 Å². The van der Waals surface area contributed by atoms with Crippen molar-refractivity contribution in [1.29, 1.82) is 0 Å². The first kappa shape index (κ1) is 20.9. The molecule has 8 nitrogen and oxygen atoms in total. The quantitative estimate of drug-likeness (QED) is 0.638. The molecule has 140 valence electrons. The van der Waals surface area contributed by atoms with Crippen molar-refractivity contribution in [2.75, 3.05) is 13.1 Å². The van der Waals surface area contributed by atoms with Crippen LogP contribution < -0.4 is 0 Å². The third-order valence-electron chi connectivity index (χ3n) is 3.09. The first-order valence-corrected chi connectivity index (χ1v) is 9.04. The molecule has 1 amide bonds. The molecule has 0 bridgehead atoms. The summed E-state index contributed by atoms with van der Waals surface area (Å²) in [6.07, 6.45) is -0.529. The van der Waals surface area contributed by atoms with Crippen molar-refractivity contribution >= 4 is 22.7 Å². The summed E-state index contributed by atoms with van der Waals surface area (Å²) in [5.41, 5.74) is -0.577. The van der Waals surface area contributed by atoms with Crippen molar-refractivity contribution in [2.24, 2.45) is 0 Å². The monoisotopic (exact) mass is 373 g/mol. The molecule has 1 aliphatic heterocycles. The number of rotatable bonds is 3. The van der Waals surface area contributed by atoms with Gasteiger partial charge in [-0.05, 0) is 39.3 Å². The molecule has 1 aliphatic rings. The zero-order chi connectivity index (χ0) is 19.1. The number of carboxylic acid groups (broad SMARTS) is 1. The Morgan fingerprint density at radius 1 is 1.28 bits per heavy atom. The molecule has 1 aromatic rings. The Morgan fingerprint density at radius 2 is 1.84 bits per heavy atom. The van der Waals surface area contributed by atoms with E-state index in [1.807, 2.05) is 0 Å². The minimum absolute atomic E-state index is 0.116. The Hall–Kier alpha value is -2.13. The van der Waals surface area contributed by atoms with Gasteiger partial charge in [-0.25, -0.2) is 4.79 Å². The summed E-state index contributed by atoms with van der Waals surface area (Å²) in [6.45, 7) is 5.74. The summed E-state index contributed by atoms with van der Waals surface area (Å²) in [4.78, 5) is 21.9. The summed E-state index contributed by atoms with van der Waals surface area (Å²) in [5, 5.41) is 6.89. The standard InChI is InChI=1S/C15H21NO5S.CH2O2/c1-15(2,3)20-14(17)16-10-9-12(11-16)21-22(18,19)13-7-5-4-6-8-13;2-1-3/h4-8,12H,9-11H2,1-3H3;1H,(H,2,3). The van der Waals surface area contributed by atoms with E-state index in [4.69, 9.17) is 18.8 Å². The van der Waals surface area contributed by atoms with Crippen LogP contribution in [0.4, 0.5) is 4.79 Å². The van der Waals surface area contributed by atoms with Gasteiger partial charge in [0.15, 0.2) is 0 Å². The van der Waals surface area contributed by atoms with E-state index in [0.29, 0.717) is 13.0 Å². The smallest absolute Gasteiger partial charge is 0.410 e. The third kappa shape index (κ3) is 7.10. The van der Waals surface area contributed by atoms with Gasteiger partial charge < -0.3 is 14.7 Å². The summed E-state index contributed by atoms with van der Waals surface area (Å²) in [5.74, 6) is 0. The van der Waals surface area contributed by atoms with Gasteiger partial charge >= 0.3 is 6.09 Å². The second-order valence-corrected chi connectivity index (χ2v) is 7.88. The topological polar surface area (TPSA) is 110 Å². The zero-order valence-electron chi connectivity index (χ0n) is 14.4. The lowest BCUT2D eigenvalue weighted by Gasteiger charge is -2.24. The van der Waals surface area contributed by atoms with Gasteiger partial charge in [0.25, 0.3) is 16.6 Å². The Labute approximate surface area is 147 Å². The summed E-state index contributed by atoms with van der Waals surface area (Å²) in [7, 11) is -3.81. The second kappa shape index (κ2) is 8.82. The number of likely N-dealkylation sites (tertiary alicyclic amines) is 1. The average molecular weight is 373 g/mol. The highest BCUT2D eigenvalue weighted by atomic mass is 32.2. The highest BCUT2D eigenvalue weighted by molar-refractivity contribution is 7.86. The van der Waals surface area contributed by atoms with Crippen LogP contribution in [-0.4, -0.2) is 55.8 Å². The maximum atomic E-state index is 12.1. The van der Waals surface area contributed by atoms with E-state index < -0.39 is 27.9 Å².